The number of nitrogens with zero attached hydrogens (tertiary/aromatic N) is 6. The number of halogens is 2. The van der Waals surface area contributed by atoms with Crippen LogP contribution in [0, 0.1) is 28.7 Å². The number of nitro groups is 1. The third kappa shape index (κ3) is 5.32. The summed E-state index contributed by atoms with van der Waals surface area (Å²) in [4.78, 5) is 37.2. The standard InChI is InChI=1S/C31H32F2N6O5/c1-18-17-44-31-28(33)25(32)12-23-29(31)38(18)19(2)24(30(23)40)16-37(14-20-8-9-34-27(11-20)43-3)22-5-4-10-36(15-22)21-6-7-26(35-13-21)39(41)42/h6-9,11-13,18,22H,4-5,10,14-17H2,1-3H3/t18?,22-/m0/s1. The predicted octanol–water partition coefficient (Wildman–Crippen LogP) is 4.92. The lowest BCUT2D eigenvalue weighted by Crippen LogP contribution is -2.48. The number of hydrogen-bond acceptors (Lipinski definition) is 9. The van der Waals surface area contributed by atoms with E-state index in [4.69, 9.17) is 9.47 Å². The van der Waals surface area contributed by atoms with E-state index >= 15 is 0 Å². The first-order valence-corrected chi connectivity index (χ1v) is 14.4. The molecular weight excluding hydrogens is 574 g/mol. The van der Waals surface area contributed by atoms with Crippen molar-refractivity contribution < 1.29 is 23.2 Å². The molecule has 1 saturated heterocycles. The first-order valence-electron chi connectivity index (χ1n) is 14.4. The molecular formula is C31H32F2N6O5. The zero-order valence-electron chi connectivity index (χ0n) is 24.6. The van der Waals surface area contributed by atoms with Gasteiger partial charge in [-0.3, -0.25) is 9.69 Å². The van der Waals surface area contributed by atoms with Crippen molar-refractivity contribution in [3.05, 3.63) is 91.5 Å². The van der Waals surface area contributed by atoms with Crippen LogP contribution in [0.1, 0.15) is 42.6 Å². The molecule has 0 amide bonds. The lowest BCUT2D eigenvalue weighted by atomic mass is 9.99. The van der Waals surface area contributed by atoms with E-state index in [0.29, 0.717) is 30.2 Å². The maximum absolute atomic E-state index is 14.8. The summed E-state index contributed by atoms with van der Waals surface area (Å²) < 4.78 is 42.2. The van der Waals surface area contributed by atoms with Gasteiger partial charge in [-0.25, -0.2) is 9.37 Å². The van der Waals surface area contributed by atoms with Gasteiger partial charge >= 0.3 is 5.82 Å². The van der Waals surface area contributed by atoms with Gasteiger partial charge in [0.05, 0.1) is 29.7 Å². The minimum absolute atomic E-state index is 0.0183. The second-order valence-electron chi connectivity index (χ2n) is 11.3. The van der Waals surface area contributed by atoms with Gasteiger partial charge in [0.2, 0.25) is 11.7 Å². The van der Waals surface area contributed by atoms with Crippen LogP contribution in [0.4, 0.5) is 20.3 Å². The number of methoxy groups -OCH3 is 1. The maximum atomic E-state index is 14.8. The predicted molar refractivity (Wildman–Crippen MR) is 159 cm³/mol. The van der Waals surface area contributed by atoms with E-state index in [9.17, 15) is 23.7 Å². The maximum Gasteiger partial charge on any atom is 0.363 e. The molecule has 2 atom stereocenters. The van der Waals surface area contributed by atoms with Gasteiger partial charge in [-0.05, 0) is 60.4 Å². The Morgan fingerprint density at radius 2 is 2.02 bits per heavy atom. The van der Waals surface area contributed by atoms with Crippen molar-refractivity contribution in [3.8, 4) is 11.6 Å². The zero-order chi connectivity index (χ0) is 31.1. The second-order valence-corrected chi connectivity index (χ2v) is 11.3. The fraction of sp³-hybridized carbons (Fsp3) is 0.387. The van der Waals surface area contributed by atoms with Crippen LogP contribution in [0.25, 0.3) is 10.9 Å². The molecule has 3 aromatic heterocycles. The Balaban J connectivity index is 1.41. The first kappa shape index (κ1) is 29.4. The topological polar surface area (TPSA) is 116 Å². The van der Waals surface area contributed by atoms with Gasteiger partial charge in [-0.2, -0.15) is 4.39 Å². The number of ether oxygens (including phenoxy) is 2. The normalized spacial score (nSPS) is 18.0. The van der Waals surface area contributed by atoms with Crippen LogP contribution in [0.15, 0.2) is 47.5 Å². The van der Waals surface area contributed by atoms with Gasteiger partial charge in [0.15, 0.2) is 23.2 Å². The Hall–Kier alpha value is -4.65. The van der Waals surface area contributed by atoms with E-state index < -0.39 is 16.6 Å². The summed E-state index contributed by atoms with van der Waals surface area (Å²) >= 11 is 0. The van der Waals surface area contributed by atoms with Gasteiger partial charge in [-0.1, -0.05) is 0 Å². The van der Waals surface area contributed by atoms with Crippen molar-refractivity contribution in [1.29, 1.82) is 0 Å². The quantitative estimate of drug-likeness (QED) is 0.204. The summed E-state index contributed by atoms with van der Waals surface area (Å²) in [5, 5.41) is 11.2. The highest BCUT2D eigenvalue weighted by Crippen LogP contribution is 2.37. The van der Waals surface area contributed by atoms with Crippen LogP contribution in [-0.2, 0) is 13.1 Å². The van der Waals surface area contributed by atoms with Crippen LogP contribution in [0.2, 0.25) is 0 Å². The molecule has 0 aliphatic carbocycles. The molecule has 5 heterocycles. The number of aromatic nitrogens is 3. The van der Waals surface area contributed by atoms with Crippen LogP contribution in [0.3, 0.4) is 0 Å². The monoisotopic (exact) mass is 606 g/mol. The third-order valence-corrected chi connectivity index (χ3v) is 8.57. The average Bonchev–Trinajstić information content (AvgIpc) is 3.03. The van der Waals surface area contributed by atoms with E-state index in [1.807, 2.05) is 30.5 Å². The molecule has 1 fully saturated rings. The molecule has 2 aliphatic rings. The Labute approximate surface area is 251 Å². The van der Waals surface area contributed by atoms with Crippen LogP contribution in [-0.4, -0.2) is 57.2 Å². The minimum Gasteiger partial charge on any atom is -0.486 e. The first-order chi connectivity index (χ1) is 21.2. The van der Waals surface area contributed by atoms with E-state index in [-0.39, 0.29) is 53.1 Å². The number of pyridine rings is 3. The molecule has 0 bridgehead atoms. The number of anilines is 1. The Morgan fingerprint density at radius 1 is 1.20 bits per heavy atom. The Kier molecular flexibility index (Phi) is 7.89. The van der Waals surface area contributed by atoms with Gasteiger partial charge in [-0.15, -0.1) is 0 Å². The van der Waals surface area contributed by atoms with E-state index in [0.717, 1.165) is 36.7 Å². The summed E-state index contributed by atoms with van der Waals surface area (Å²) in [7, 11) is 1.55. The second kappa shape index (κ2) is 11.8. The molecule has 1 aromatic carbocycles. The fourth-order valence-electron chi connectivity index (χ4n) is 6.37. The number of piperidine rings is 1. The van der Waals surface area contributed by atoms with Gasteiger partial charge < -0.3 is 29.1 Å². The van der Waals surface area contributed by atoms with Gasteiger partial charge in [0, 0.05) is 61.8 Å². The molecule has 0 radical (unpaired) electrons. The van der Waals surface area contributed by atoms with Crippen molar-refractivity contribution in [3.63, 3.8) is 0 Å². The molecule has 0 saturated carbocycles. The van der Waals surface area contributed by atoms with E-state index in [2.05, 4.69) is 19.8 Å². The van der Waals surface area contributed by atoms with Crippen LogP contribution in [0.5, 0.6) is 11.6 Å². The van der Waals surface area contributed by atoms with Crippen LogP contribution < -0.4 is 19.8 Å². The largest absolute Gasteiger partial charge is 0.486 e. The van der Waals surface area contributed by atoms with Gasteiger partial charge in [0.1, 0.15) is 6.61 Å². The molecule has 44 heavy (non-hydrogen) atoms. The number of rotatable bonds is 8. The van der Waals surface area contributed by atoms with Gasteiger partial charge in [0.25, 0.3) is 0 Å². The molecule has 6 rings (SSSR count). The number of hydrogen-bond donors (Lipinski definition) is 0. The fourth-order valence-corrected chi connectivity index (χ4v) is 6.37. The molecule has 13 heteroatoms. The summed E-state index contributed by atoms with van der Waals surface area (Å²) in [5.74, 6) is -2.20. The highest BCUT2D eigenvalue weighted by Gasteiger charge is 2.32. The smallest absolute Gasteiger partial charge is 0.363 e. The minimum atomic E-state index is -1.12. The SMILES string of the molecule is COc1cc(CN(Cc2c(C)n3c4c(c(F)c(F)cc4c2=O)OCC3C)[C@H]2CCCN(c3ccc([N+](=O)[O-])nc3)C2)ccn1. The number of benzene rings is 1. The molecule has 0 spiro atoms. The lowest BCUT2D eigenvalue weighted by molar-refractivity contribution is -0.389. The van der Waals surface area contributed by atoms with Crippen molar-refractivity contribution >= 4 is 22.4 Å². The molecule has 4 aromatic rings. The van der Waals surface area contributed by atoms with Crippen molar-refractivity contribution in [1.82, 2.24) is 19.4 Å². The molecule has 1 unspecified atom stereocenters. The average molecular weight is 607 g/mol. The third-order valence-electron chi connectivity index (χ3n) is 8.57. The lowest BCUT2D eigenvalue weighted by Gasteiger charge is -2.40. The van der Waals surface area contributed by atoms with E-state index in [1.165, 1.54) is 12.3 Å². The van der Waals surface area contributed by atoms with E-state index in [1.54, 1.807) is 19.4 Å². The Bertz CT molecular complexity index is 1800. The molecule has 230 valence electrons. The van der Waals surface area contributed by atoms with Crippen molar-refractivity contribution in [2.45, 2.75) is 51.9 Å². The summed E-state index contributed by atoms with van der Waals surface area (Å²) in [6.07, 6.45) is 4.87. The summed E-state index contributed by atoms with van der Waals surface area (Å²) in [6, 6.07) is 7.59. The summed E-state index contributed by atoms with van der Waals surface area (Å²) in [6.45, 7) is 5.97. The summed E-state index contributed by atoms with van der Waals surface area (Å²) in [5.41, 5.74) is 2.79. The highest BCUT2D eigenvalue weighted by atomic mass is 19.2. The molecule has 0 N–H and O–H groups in total. The highest BCUT2D eigenvalue weighted by molar-refractivity contribution is 5.87. The zero-order valence-corrected chi connectivity index (χ0v) is 24.6. The Morgan fingerprint density at radius 3 is 2.75 bits per heavy atom. The van der Waals surface area contributed by atoms with Crippen molar-refractivity contribution in [2.75, 3.05) is 31.7 Å². The molecule has 2 aliphatic heterocycles. The molecule has 11 nitrogen and oxygen atoms in total. The van der Waals surface area contributed by atoms with Crippen molar-refractivity contribution in [2.24, 2.45) is 0 Å². The van der Waals surface area contributed by atoms with Crippen LogP contribution >= 0.6 is 0 Å².